The first kappa shape index (κ1) is 12.3. The normalized spacial score (nSPS) is 10.8. The molecule has 2 aromatic heterocycles. The number of carbonyl (C=O) groups is 1. The Morgan fingerprint density at radius 2 is 2.35 bits per heavy atom. The molecule has 0 fully saturated rings. The Morgan fingerprint density at radius 1 is 1.59 bits per heavy atom. The minimum absolute atomic E-state index is 0.180. The largest absolute Gasteiger partial charge is 0.356 e. The highest BCUT2D eigenvalue weighted by atomic mass is 79.9. The zero-order valence-electron chi connectivity index (χ0n) is 9.45. The van der Waals surface area contributed by atoms with Crippen molar-refractivity contribution in [2.24, 2.45) is 0 Å². The Balaban J connectivity index is 2.07. The van der Waals surface area contributed by atoms with Crippen molar-refractivity contribution in [1.29, 1.82) is 0 Å². The van der Waals surface area contributed by atoms with Crippen LogP contribution in [0.25, 0.3) is 0 Å². The molecular weight excluding hydrogens is 302 g/mol. The zero-order chi connectivity index (χ0) is 12.4. The number of amides is 1. The van der Waals surface area contributed by atoms with E-state index in [0.29, 0.717) is 16.7 Å². The van der Waals surface area contributed by atoms with Gasteiger partial charge in [-0.1, -0.05) is 13.8 Å². The third kappa shape index (κ3) is 2.95. The van der Waals surface area contributed by atoms with E-state index in [0.717, 1.165) is 10.2 Å². The summed E-state index contributed by atoms with van der Waals surface area (Å²) in [5.41, 5.74) is 1.51. The number of hydrogen-bond acceptors (Lipinski definition) is 3. The van der Waals surface area contributed by atoms with E-state index in [1.165, 1.54) is 11.3 Å². The highest BCUT2D eigenvalue weighted by Gasteiger charge is 2.11. The third-order valence-corrected chi connectivity index (χ3v) is 3.46. The molecule has 0 aliphatic carbocycles. The molecule has 2 aromatic rings. The van der Waals surface area contributed by atoms with Crippen LogP contribution in [0.1, 0.15) is 35.9 Å². The van der Waals surface area contributed by atoms with Crippen molar-refractivity contribution in [3.63, 3.8) is 0 Å². The lowest BCUT2D eigenvalue weighted by atomic mass is 10.2. The summed E-state index contributed by atoms with van der Waals surface area (Å²) in [5.74, 6) is 0.192. The second kappa shape index (κ2) is 5.01. The molecule has 0 aliphatic heterocycles. The maximum absolute atomic E-state index is 11.8. The molecule has 0 atom stereocenters. The molecule has 17 heavy (non-hydrogen) atoms. The van der Waals surface area contributed by atoms with E-state index in [9.17, 15) is 4.79 Å². The molecule has 0 aliphatic rings. The molecule has 6 heteroatoms. The van der Waals surface area contributed by atoms with Gasteiger partial charge < -0.3 is 4.98 Å². The molecule has 4 nitrogen and oxygen atoms in total. The SMILES string of the molecule is CC(C)c1csc(NC(=O)c2cc(Br)c[nH]2)n1. The van der Waals surface area contributed by atoms with E-state index < -0.39 is 0 Å². The fourth-order valence-corrected chi connectivity index (χ4v) is 2.48. The number of carbonyl (C=O) groups excluding carboxylic acids is 1. The summed E-state index contributed by atoms with van der Waals surface area (Å²) in [6.45, 7) is 4.14. The molecule has 2 heterocycles. The number of hydrogen-bond donors (Lipinski definition) is 2. The summed E-state index contributed by atoms with van der Waals surface area (Å²) in [6.07, 6.45) is 1.72. The maximum atomic E-state index is 11.8. The standard InChI is InChI=1S/C11H12BrN3OS/c1-6(2)9-5-17-11(14-9)15-10(16)8-3-7(12)4-13-8/h3-6,13H,1-2H3,(H,14,15,16). The first-order valence-corrected chi connectivity index (χ1v) is 6.84. The summed E-state index contributed by atoms with van der Waals surface area (Å²) in [4.78, 5) is 19.0. The first-order chi connectivity index (χ1) is 8.06. The fourth-order valence-electron chi connectivity index (χ4n) is 1.27. The molecule has 1 amide bonds. The summed E-state index contributed by atoms with van der Waals surface area (Å²) in [7, 11) is 0. The number of H-pyrrole nitrogens is 1. The maximum Gasteiger partial charge on any atom is 0.273 e. The van der Waals surface area contributed by atoms with Crippen LogP contribution in [-0.2, 0) is 0 Å². The summed E-state index contributed by atoms with van der Waals surface area (Å²) < 4.78 is 0.852. The molecule has 0 saturated carbocycles. The number of anilines is 1. The van der Waals surface area contributed by atoms with Gasteiger partial charge in [-0.2, -0.15) is 0 Å². The molecule has 0 radical (unpaired) electrons. The Bertz CT molecular complexity index is 532. The van der Waals surface area contributed by atoms with Crippen molar-refractivity contribution in [3.8, 4) is 0 Å². The highest BCUT2D eigenvalue weighted by Crippen LogP contribution is 2.22. The van der Waals surface area contributed by atoms with Gasteiger partial charge in [-0.25, -0.2) is 4.98 Å². The molecular formula is C11H12BrN3OS. The van der Waals surface area contributed by atoms with Crippen LogP contribution >= 0.6 is 27.3 Å². The smallest absolute Gasteiger partial charge is 0.273 e. The summed E-state index contributed by atoms with van der Waals surface area (Å²) >= 11 is 4.72. The monoisotopic (exact) mass is 313 g/mol. The van der Waals surface area contributed by atoms with Gasteiger partial charge in [0.2, 0.25) is 0 Å². The number of halogens is 1. The predicted molar refractivity (Wildman–Crippen MR) is 72.6 cm³/mol. The second-order valence-corrected chi connectivity index (χ2v) is 5.69. The Kier molecular flexibility index (Phi) is 3.63. The first-order valence-electron chi connectivity index (χ1n) is 5.17. The Labute approximate surface area is 112 Å². The topological polar surface area (TPSA) is 57.8 Å². The number of aromatic amines is 1. The number of nitrogens with zero attached hydrogens (tertiary/aromatic N) is 1. The van der Waals surface area contributed by atoms with E-state index in [1.54, 1.807) is 12.3 Å². The van der Waals surface area contributed by atoms with Crippen LogP contribution in [0.2, 0.25) is 0 Å². The molecule has 0 unspecified atom stereocenters. The fraction of sp³-hybridized carbons (Fsp3) is 0.273. The van der Waals surface area contributed by atoms with Gasteiger partial charge in [0.1, 0.15) is 5.69 Å². The average Bonchev–Trinajstić information content (AvgIpc) is 2.86. The van der Waals surface area contributed by atoms with Crippen LogP contribution in [0.5, 0.6) is 0 Å². The lowest BCUT2D eigenvalue weighted by molar-refractivity contribution is 0.102. The summed E-state index contributed by atoms with van der Waals surface area (Å²) in [5, 5.41) is 5.36. The average molecular weight is 314 g/mol. The second-order valence-electron chi connectivity index (χ2n) is 3.92. The van der Waals surface area contributed by atoms with Crippen LogP contribution in [0.3, 0.4) is 0 Å². The van der Waals surface area contributed by atoms with Crippen LogP contribution < -0.4 is 5.32 Å². The minimum atomic E-state index is -0.180. The zero-order valence-corrected chi connectivity index (χ0v) is 11.9. The van der Waals surface area contributed by atoms with Crippen molar-refractivity contribution in [1.82, 2.24) is 9.97 Å². The molecule has 90 valence electrons. The summed E-state index contributed by atoms with van der Waals surface area (Å²) in [6, 6.07) is 1.73. The third-order valence-electron chi connectivity index (χ3n) is 2.23. The predicted octanol–water partition coefficient (Wildman–Crippen LogP) is 3.61. The Hall–Kier alpha value is -1.14. The van der Waals surface area contributed by atoms with Gasteiger partial charge in [0.15, 0.2) is 5.13 Å². The highest BCUT2D eigenvalue weighted by molar-refractivity contribution is 9.10. The molecule has 0 saturated heterocycles. The van der Waals surface area contributed by atoms with Crippen molar-refractivity contribution in [2.75, 3.05) is 5.32 Å². The van der Waals surface area contributed by atoms with Gasteiger partial charge in [-0.3, -0.25) is 10.1 Å². The molecule has 0 aromatic carbocycles. The van der Waals surface area contributed by atoms with Gasteiger partial charge in [0.25, 0.3) is 5.91 Å². The Morgan fingerprint density at radius 3 is 2.88 bits per heavy atom. The van der Waals surface area contributed by atoms with Crippen LogP contribution in [0, 0.1) is 0 Å². The van der Waals surface area contributed by atoms with Crippen molar-refractivity contribution in [3.05, 3.63) is 33.5 Å². The molecule has 0 bridgehead atoms. The minimum Gasteiger partial charge on any atom is -0.356 e. The lowest BCUT2D eigenvalue weighted by Crippen LogP contribution is -2.12. The van der Waals surface area contributed by atoms with Crippen molar-refractivity contribution in [2.45, 2.75) is 19.8 Å². The van der Waals surface area contributed by atoms with Gasteiger partial charge in [-0.15, -0.1) is 11.3 Å². The van der Waals surface area contributed by atoms with Gasteiger partial charge in [0, 0.05) is 16.0 Å². The van der Waals surface area contributed by atoms with Crippen molar-refractivity contribution >= 4 is 38.3 Å². The number of thiazole rings is 1. The van der Waals surface area contributed by atoms with Crippen LogP contribution in [0.4, 0.5) is 5.13 Å². The van der Waals surface area contributed by atoms with E-state index in [2.05, 4.69) is 45.1 Å². The van der Waals surface area contributed by atoms with Gasteiger partial charge in [0.05, 0.1) is 5.69 Å². The molecule has 0 spiro atoms. The van der Waals surface area contributed by atoms with E-state index in [4.69, 9.17) is 0 Å². The number of nitrogens with one attached hydrogen (secondary N) is 2. The lowest BCUT2D eigenvalue weighted by Gasteiger charge is -1.99. The van der Waals surface area contributed by atoms with Crippen LogP contribution in [-0.4, -0.2) is 15.9 Å². The van der Waals surface area contributed by atoms with Crippen LogP contribution in [0.15, 0.2) is 22.1 Å². The van der Waals surface area contributed by atoms with E-state index in [1.807, 2.05) is 5.38 Å². The molecule has 2 rings (SSSR count). The van der Waals surface area contributed by atoms with Gasteiger partial charge in [-0.05, 0) is 27.9 Å². The van der Waals surface area contributed by atoms with E-state index in [-0.39, 0.29) is 5.91 Å². The molecule has 2 N–H and O–H groups in total. The number of rotatable bonds is 3. The quantitative estimate of drug-likeness (QED) is 0.909. The van der Waals surface area contributed by atoms with E-state index >= 15 is 0 Å². The van der Waals surface area contributed by atoms with Crippen molar-refractivity contribution < 1.29 is 4.79 Å². The number of aromatic nitrogens is 2. The van der Waals surface area contributed by atoms with Gasteiger partial charge >= 0.3 is 0 Å².